The molecule has 0 aliphatic carbocycles. The number of carbonyl (C=O) groups is 1. The molecule has 0 radical (unpaired) electrons. The molecule has 1 rings (SSSR count). The molecular weight excluding hydrogens is 474 g/mol. The van der Waals surface area contributed by atoms with Gasteiger partial charge in [0, 0.05) is 13.7 Å². The van der Waals surface area contributed by atoms with Crippen molar-refractivity contribution in [3.63, 3.8) is 0 Å². The normalized spacial score (nSPS) is 15.2. The molecular formula is C24H45N3O5S2. The van der Waals surface area contributed by atoms with Crippen LogP contribution in [-0.2, 0) is 24.5 Å². The summed E-state index contributed by atoms with van der Waals surface area (Å²) in [5.74, 6) is -0.0768. The molecule has 1 aliphatic rings. The van der Waals surface area contributed by atoms with Crippen LogP contribution in [-0.4, -0.2) is 56.4 Å². The van der Waals surface area contributed by atoms with E-state index < -0.39 is 15.3 Å². The van der Waals surface area contributed by atoms with Gasteiger partial charge in [-0.15, -0.1) is 0 Å². The maximum atomic E-state index is 12.3. The van der Waals surface area contributed by atoms with Crippen LogP contribution in [0.2, 0.25) is 0 Å². The van der Waals surface area contributed by atoms with Crippen molar-refractivity contribution in [2.45, 2.75) is 110 Å². The van der Waals surface area contributed by atoms with Crippen molar-refractivity contribution >= 4 is 38.9 Å². The summed E-state index contributed by atoms with van der Waals surface area (Å²) in [5.41, 5.74) is 0. The van der Waals surface area contributed by atoms with Crippen molar-refractivity contribution in [3.05, 3.63) is 0 Å². The Hall–Kier alpha value is -1.13. The van der Waals surface area contributed by atoms with E-state index in [1.807, 2.05) is 0 Å². The highest BCUT2D eigenvalue weighted by Crippen LogP contribution is 2.16. The molecule has 8 nitrogen and oxygen atoms in total. The van der Waals surface area contributed by atoms with Gasteiger partial charge in [-0.2, -0.15) is 13.4 Å². The molecule has 1 heterocycles. The second-order valence-electron chi connectivity index (χ2n) is 8.72. The number of aliphatic imine (C=N–C) groups is 1. The van der Waals surface area contributed by atoms with Gasteiger partial charge in [-0.25, -0.2) is 4.31 Å². The number of hydrogen-bond donors (Lipinski definition) is 0. The number of methoxy groups -OCH3 is 1. The molecule has 0 saturated heterocycles. The number of rotatable bonds is 20. The molecule has 0 spiro atoms. The molecule has 1 aliphatic heterocycles. The number of thioether (sulfide) groups is 1. The third kappa shape index (κ3) is 13.7. The number of unbranched alkanes of at least 4 members (excludes halogenated alkanes) is 15. The molecule has 198 valence electrons. The molecule has 0 atom stereocenters. The Morgan fingerprint density at radius 3 is 1.79 bits per heavy atom. The lowest BCUT2D eigenvalue weighted by Gasteiger charge is -2.20. The van der Waals surface area contributed by atoms with Crippen LogP contribution < -0.4 is 0 Å². The SMILES string of the molecule is CCCCCCCCCCCCCCCCCCOCSC(=O)C1=NC(OC)=NS(=O)(=O)N1C. The van der Waals surface area contributed by atoms with E-state index >= 15 is 0 Å². The Morgan fingerprint density at radius 1 is 0.853 bits per heavy atom. The van der Waals surface area contributed by atoms with Crippen molar-refractivity contribution in [1.82, 2.24) is 4.31 Å². The lowest BCUT2D eigenvalue weighted by molar-refractivity contribution is -0.106. The van der Waals surface area contributed by atoms with Crippen LogP contribution in [0.5, 0.6) is 0 Å². The maximum absolute atomic E-state index is 12.3. The molecule has 0 aromatic rings. The predicted octanol–water partition coefficient (Wildman–Crippen LogP) is 6.07. The summed E-state index contributed by atoms with van der Waals surface area (Å²) in [6.45, 7) is 2.85. The summed E-state index contributed by atoms with van der Waals surface area (Å²) in [5, 5.41) is -0.498. The van der Waals surface area contributed by atoms with Crippen LogP contribution in [0.3, 0.4) is 0 Å². The van der Waals surface area contributed by atoms with E-state index in [0.717, 1.165) is 28.9 Å². The molecule has 0 aromatic carbocycles. The van der Waals surface area contributed by atoms with Crippen LogP contribution >= 0.6 is 11.8 Å². The molecule has 0 bridgehead atoms. The predicted molar refractivity (Wildman–Crippen MR) is 142 cm³/mol. The van der Waals surface area contributed by atoms with Gasteiger partial charge < -0.3 is 9.47 Å². The minimum Gasteiger partial charge on any atom is -0.466 e. The fourth-order valence-corrected chi connectivity index (χ4v) is 5.13. The number of hydrogen-bond acceptors (Lipinski definition) is 7. The zero-order valence-electron chi connectivity index (χ0n) is 21.4. The molecule has 0 aromatic heterocycles. The largest absolute Gasteiger partial charge is 0.466 e. The summed E-state index contributed by atoms with van der Waals surface area (Å²) in [7, 11) is -1.50. The molecule has 10 heteroatoms. The standard InChI is InChI=1S/C24H45N3O5S2/c1-4-5-6-7-8-9-10-11-12-13-14-15-16-17-18-19-20-32-21-33-23(28)22-25-24(31-3)26-34(29,30)27(22)2/h4-21H2,1-3H3. The first kappa shape index (κ1) is 30.9. The maximum Gasteiger partial charge on any atom is 0.350 e. The minimum atomic E-state index is -3.99. The van der Waals surface area contributed by atoms with E-state index in [-0.39, 0.29) is 17.8 Å². The van der Waals surface area contributed by atoms with Crippen molar-refractivity contribution in [2.24, 2.45) is 9.39 Å². The number of nitrogens with zero attached hydrogens (tertiary/aromatic N) is 3. The van der Waals surface area contributed by atoms with Gasteiger partial charge in [-0.3, -0.25) is 4.79 Å². The summed E-state index contributed by atoms with van der Waals surface area (Å²) in [6, 6.07) is -0.351. The third-order valence-electron chi connectivity index (χ3n) is 5.82. The van der Waals surface area contributed by atoms with Crippen molar-refractivity contribution in [3.8, 4) is 0 Å². The number of ether oxygens (including phenoxy) is 2. The first-order chi connectivity index (χ1) is 16.4. The second kappa shape index (κ2) is 19.1. The highest BCUT2D eigenvalue weighted by molar-refractivity contribution is 8.15. The van der Waals surface area contributed by atoms with Crippen molar-refractivity contribution in [2.75, 3.05) is 26.7 Å². The summed E-state index contributed by atoms with van der Waals surface area (Å²) < 4.78 is 38.2. The van der Waals surface area contributed by atoms with Gasteiger partial charge in [0.25, 0.3) is 5.12 Å². The van der Waals surface area contributed by atoms with E-state index in [1.54, 1.807) is 0 Å². The fourth-order valence-electron chi connectivity index (χ4n) is 3.68. The average Bonchev–Trinajstić information content (AvgIpc) is 2.81. The van der Waals surface area contributed by atoms with Gasteiger partial charge in [0.1, 0.15) is 0 Å². The zero-order chi connectivity index (χ0) is 25.1. The molecule has 34 heavy (non-hydrogen) atoms. The molecule has 0 unspecified atom stereocenters. The van der Waals surface area contributed by atoms with E-state index in [4.69, 9.17) is 9.47 Å². The highest BCUT2D eigenvalue weighted by atomic mass is 32.2. The summed E-state index contributed by atoms with van der Waals surface area (Å²) in [6.07, 6.45) is 21.2. The smallest absolute Gasteiger partial charge is 0.350 e. The van der Waals surface area contributed by atoms with Gasteiger partial charge in [0.05, 0.1) is 13.0 Å². The van der Waals surface area contributed by atoms with Crippen LogP contribution in [0.25, 0.3) is 0 Å². The monoisotopic (exact) mass is 519 g/mol. The fraction of sp³-hybridized carbons (Fsp3) is 0.875. The average molecular weight is 520 g/mol. The zero-order valence-corrected chi connectivity index (χ0v) is 23.1. The van der Waals surface area contributed by atoms with Crippen LogP contribution in [0.4, 0.5) is 0 Å². The highest BCUT2D eigenvalue weighted by Gasteiger charge is 2.32. The van der Waals surface area contributed by atoms with E-state index in [1.165, 1.54) is 104 Å². The first-order valence-electron chi connectivity index (χ1n) is 12.9. The van der Waals surface area contributed by atoms with E-state index in [0.29, 0.717) is 6.61 Å². The lowest BCUT2D eigenvalue weighted by atomic mass is 10.0. The van der Waals surface area contributed by atoms with Gasteiger partial charge in [0.15, 0.2) is 0 Å². The van der Waals surface area contributed by atoms with E-state index in [9.17, 15) is 13.2 Å². The summed E-state index contributed by atoms with van der Waals surface area (Å²) in [4.78, 5) is 16.1. The van der Waals surface area contributed by atoms with Gasteiger partial charge in [-0.05, 0) is 6.42 Å². The lowest BCUT2D eigenvalue weighted by Crippen LogP contribution is -2.40. The third-order valence-corrected chi connectivity index (χ3v) is 7.80. The summed E-state index contributed by atoms with van der Waals surface area (Å²) >= 11 is 0.880. The first-order valence-corrected chi connectivity index (χ1v) is 15.3. The Balaban J connectivity index is 1.92. The Bertz CT molecular complexity index is 726. The number of amidine groups is 2. The number of likely N-dealkylation sites (N-methyl/N-ethyl adjacent to an activating group) is 1. The second-order valence-corrected chi connectivity index (χ2v) is 11.2. The quantitative estimate of drug-likeness (QED) is 0.143. The Kier molecular flexibility index (Phi) is 17.4. The minimum absolute atomic E-state index is 0.157. The van der Waals surface area contributed by atoms with E-state index in [2.05, 4.69) is 16.3 Å². The number of carbonyl (C=O) groups excluding carboxylic acids is 1. The Morgan fingerprint density at radius 2 is 1.32 bits per heavy atom. The topological polar surface area (TPSA) is 97.6 Å². The van der Waals surface area contributed by atoms with Crippen LogP contribution in [0, 0.1) is 0 Å². The molecule has 0 saturated carbocycles. The van der Waals surface area contributed by atoms with Gasteiger partial charge in [0.2, 0.25) is 5.84 Å². The van der Waals surface area contributed by atoms with Crippen molar-refractivity contribution in [1.29, 1.82) is 0 Å². The van der Waals surface area contributed by atoms with Crippen LogP contribution in [0.1, 0.15) is 110 Å². The van der Waals surface area contributed by atoms with Crippen molar-refractivity contribution < 1.29 is 22.7 Å². The molecule has 0 amide bonds. The molecule has 0 fully saturated rings. The Labute approximate surface area is 211 Å². The van der Waals surface area contributed by atoms with Crippen LogP contribution in [0.15, 0.2) is 9.39 Å². The van der Waals surface area contributed by atoms with Gasteiger partial charge >= 0.3 is 16.2 Å². The van der Waals surface area contributed by atoms with Gasteiger partial charge in [-0.1, -0.05) is 119 Å². The molecule has 0 N–H and O–H groups in total.